The lowest BCUT2D eigenvalue weighted by molar-refractivity contribution is -0.132. The molecular formula is C17H22O5. The molecule has 5 heteroatoms. The molecule has 1 saturated carbocycles. The van der Waals surface area contributed by atoms with E-state index in [1.54, 1.807) is 18.2 Å². The Morgan fingerprint density at radius 3 is 2.23 bits per heavy atom. The molecule has 1 aromatic rings. The number of carboxylic acid groups (broad SMARTS) is 1. The van der Waals surface area contributed by atoms with Crippen LogP contribution in [0.4, 0.5) is 0 Å². The zero-order valence-electron chi connectivity index (χ0n) is 12.7. The van der Waals surface area contributed by atoms with Crippen LogP contribution in [-0.2, 0) is 9.53 Å². The van der Waals surface area contributed by atoms with Crippen LogP contribution in [0.3, 0.4) is 0 Å². The number of phenols is 1. The van der Waals surface area contributed by atoms with Gasteiger partial charge in [-0.2, -0.15) is 0 Å². The second-order valence-corrected chi connectivity index (χ2v) is 5.27. The van der Waals surface area contributed by atoms with Gasteiger partial charge in [-0.05, 0) is 44.7 Å². The summed E-state index contributed by atoms with van der Waals surface area (Å²) in [6.45, 7) is 4.60. The number of para-hydroxylation sites is 1. The fraction of sp³-hybridized carbons (Fsp3) is 0.412. The maximum atomic E-state index is 11.8. The van der Waals surface area contributed by atoms with E-state index in [1.807, 2.05) is 0 Å². The van der Waals surface area contributed by atoms with Crippen LogP contribution in [0.15, 0.2) is 36.4 Å². The largest absolute Gasteiger partial charge is 0.507 e. The zero-order valence-corrected chi connectivity index (χ0v) is 12.7. The minimum atomic E-state index is -0.935. The van der Waals surface area contributed by atoms with Crippen molar-refractivity contribution in [2.75, 3.05) is 0 Å². The first-order valence-corrected chi connectivity index (χ1v) is 7.29. The lowest BCUT2D eigenvalue weighted by atomic mass is 9.98. The number of aromatic hydroxyl groups is 1. The summed E-state index contributed by atoms with van der Waals surface area (Å²) in [6, 6.07) is 6.49. The van der Waals surface area contributed by atoms with E-state index in [9.17, 15) is 14.7 Å². The highest BCUT2D eigenvalue weighted by molar-refractivity contribution is 5.92. The molecule has 5 nitrogen and oxygen atoms in total. The van der Waals surface area contributed by atoms with Crippen molar-refractivity contribution in [1.29, 1.82) is 0 Å². The van der Waals surface area contributed by atoms with E-state index in [0.717, 1.165) is 25.7 Å². The molecule has 1 aliphatic carbocycles. The van der Waals surface area contributed by atoms with Gasteiger partial charge < -0.3 is 14.9 Å². The van der Waals surface area contributed by atoms with Crippen molar-refractivity contribution in [3.05, 3.63) is 42.0 Å². The summed E-state index contributed by atoms with van der Waals surface area (Å²) in [5.74, 6) is -1.36. The molecule has 0 bridgehead atoms. The Morgan fingerprint density at radius 2 is 1.73 bits per heavy atom. The van der Waals surface area contributed by atoms with E-state index < -0.39 is 11.9 Å². The monoisotopic (exact) mass is 306 g/mol. The maximum Gasteiger partial charge on any atom is 0.342 e. The summed E-state index contributed by atoms with van der Waals surface area (Å²) in [4.78, 5) is 21.4. The second-order valence-electron chi connectivity index (χ2n) is 5.27. The van der Waals surface area contributed by atoms with Crippen LogP contribution in [0, 0.1) is 0 Å². The van der Waals surface area contributed by atoms with Crippen molar-refractivity contribution in [2.45, 2.75) is 45.1 Å². The Kier molecular flexibility index (Phi) is 7.16. The van der Waals surface area contributed by atoms with E-state index in [4.69, 9.17) is 9.84 Å². The molecule has 0 radical (unpaired) electrons. The Balaban J connectivity index is 0.000000346. The molecule has 1 aliphatic rings. The highest BCUT2D eigenvalue weighted by Gasteiger charge is 2.20. The second kappa shape index (κ2) is 8.87. The molecule has 2 rings (SSSR count). The average molecular weight is 306 g/mol. The normalized spacial score (nSPS) is 14.4. The summed E-state index contributed by atoms with van der Waals surface area (Å²) < 4.78 is 5.36. The molecule has 0 spiro atoms. The molecule has 2 N–H and O–H groups in total. The zero-order chi connectivity index (χ0) is 16.5. The first kappa shape index (κ1) is 17.8. The Morgan fingerprint density at radius 1 is 1.18 bits per heavy atom. The summed E-state index contributed by atoms with van der Waals surface area (Å²) >= 11 is 0. The number of phenolic OH excluding ortho intramolecular Hbond substituents is 1. The number of ether oxygens (including phenoxy) is 1. The third-order valence-electron chi connectivity index (χ3n) is 3.31. The SMILES string of the molecule is C=C(C)C(=O)O.O=C(OC1CCCCC1)c1ccccc1O. The van der Waals surface area contributed by atoms with Crippen LogP contribution in [0.5, 0.6) is 5.75 Å². The summed E-state index contributed by atoms with van der Waals surface area (Å²) in [6.07, 6.45) is 5.39. The topological polar surface area (TPSA) is 83.8 Å². The van der Waals surface area contributed by atoms with Crippen LogP contribution in [0.2, 0.25) is 0 Å². The van der Waals surface area contributed by atoms with Gasteiger partial charge in [-0.3, -0.25) is 0 Å². The Labute approximate surface area is 130 Å². The number of hydrogen-bond acceptors (Lipinski definition) is 4. The fourth-order valence-electron chi connectivity index (χ4n) is 2.04. The van der Waals surface area contributed by atoms with Crippen molar-refractivity contribution >= 4 is 11.9 Å². The minimum Gasteiger partial charge on any atom is -0.507 e. The van der Waals surface area contributed by atoms with Gasteiger partial charge in [0.1, 0.15) is 17.4 Å². The van der Waals surface area contributed by atoms with Crippen LogP contribution in [-0.4, -0.2) is 28.3 Å². The molecule has 22 heavy (non-hydrogen) atoms. The number of carbonyl (C=O) groups excluding carboxylic acids is 1. The maximum absolute atomic E-state index is 11.8. The van der Waals surface area contributed by atoms with Crippen LogP contribution in [0.1, 0.15) is 49.4 Å². The molecule has 0 aromatic heterocycles. The number of carbonyl (C=O) groups is 2. The number of rotatable bonds is 3. The quantitative estimate of drug-likeness (QED) is 0.659. The first-order chi connectivity index (χ1) is 10.4. The van der Waals surface area contributed by atoms with Crippen LogP contribution < -0.4 is 0 Å². The van der Waals surface area contributed by atoms with Crippen molar-refractivity contribution in [1.82, 2.24) is 0 Å². The number of benzene rings is 1. The van der Waals surface area contributed by atoms with Crippen molar-refractivity contribution in [3.63, 3.8) is 0 Å². The smallest absolute Gasteiger partial charge is 0.342 e. The summed E-state index contributed by atoms with van der Waals surface area (Å²) in [7, 11) is 0. The van der Waals surface area contributed by atoms with Gasteiger partial charge in [0, 0.05) is 5.57 Å². The number of hydrogen-bond donors (Lipinski definition) is 2. The molecule has 0 amide bonds. The number of aliphatic carboxylic acids is 1. The third kappa shape index (κ3) is 5.99. The van der Waals surface area contributed by atoms with Gasteiger partial charge in [-0.15, -0.1) is 0 Å². The van der Waals surface area contributed by atoms with Gasteiger partial charge in [0.2, 0.25) is 0 Å². The van der Waals surface area contributed by atoms with Crippen molar-refractivity contribution in [2.24, 2.45) is 0 Å². The molecule has 0 unspecified atom stereocenters. The van der Waals surface area contributed by atoms with Crippen molar-refractivity contribution in [3.8, 4) is 5.75 Å². The number of carboxylic acids is 1. The molecule has 0 atom stereocenters. The molecular weight excluding hydrogens is 284 g/mol. The van der Waals surface area contributed by atoms with Crippen LogP contribution in [0.25, 0.3) is 0 Å². The highest BCUT2D eigenvalue weighted by Crippen LogP contribution is 2.23. The standard InChI is InChI=1S/C13H16O3.C4H6O2/c14-12-9-5-4-8-11(12)13(15)16-10-6-2-1-3-7-10;1-3(2)4(5)6/h4-5,8-10,14H,1-3,6-7H2;1H2,2H3,(H,5,6). The summed E-state index contributed by atoms with van der Waals surface area (Å²) in [5.41, 5.74) is 0.433. The first-order valence-electron chi connectivity index (χ1n) is 7.29. The lowest BCUT2D eigenvalue weighted by Gasteiger charge is -2.21. The van der Waals surface area contributed by atoms with E-state index in [0.29, 0.717) is 0 Å². The Bertz CT molecular complexity index is 518. The van der Waals surface area contributed by atoms with Gasteiger partial charge in [0.05, 0.1) is 0 Å². The molecule has 1 aromatic carbocycles. The predicted molar refractivity (Wildman–Crippen MR) is 82.8 cm³/mol. The van der Waals surface area contributed by atoms with E-state index in [-0.39, 0.29) is 23.0 Å². The van der Waals surface area contributed by atoms with Gasteiger partial charge in [-0.1, -0.05) is 25.1 Å². The molecule has 1 fully saturated rings. The molecule has 120 valence electrons. The van der Waals surface area contributed by atoms with E-state index >= 15 is 0 Å². The predicted octanol–water partition coefficient (Wildman–Crippen LogP) is 3.53. The van der Waals surface area contributed by atoms with Gasteiger partial charge in [0.25, 0.3) is 0 Å². The average Bonchev–Trinajstić information content (AvgIpc) is 2.49. The minimum absolute atomic E-state index is 0.0108. The van der Waals surface area contributed by atoms with E-state index in [2.05, 4.69) is 6.58 Å². The fourth-order valence-corrected chi connectivity index (χ4v) is 2.04. The number of esters is 1. The van der Waals surface area contributed by atoms with Gasteiger partial charge in [0.15, 0.2) is 0 Å². The summed E-state index contributed by atoms with van der Waals surface area (Å²) in [5, 5.41) is 17.4. The van der Waals surface area contributed by atoms with Crippen LogP contribution >= 0.6 is 0 Å². The lowest BCUT2D eigenvalue weighted by Crippen LogP contribution is -2.20. The molecule has 0 saturated heterocycles. The molecule has 0 aliphatic heterocycles. The Hall–Kier alpha value is -2.30. The van der Waals surface area contributed by atoms with E-state index in [1.165, 1.54) is 19.4 Å². The van der Waals surface area contributed by atoms with Crippen molar-refractivity contribution < 1.29 is 24.5 Å². The molecule has 0 heterocycles. The highest BCUT2D eigenvalue weighted by atomic mass is 16.5. The third-order valence-corrected chi connectivity index (χ3v) is 3.31. The van der Waals surface area contributed by atoms with Gasteiger partial charge in [-0.25, -0.2) is 9.59 Å². The van der Waals surface area contributed by atoms with Gasteiger partial charge >= 0.3 is 11.9 Å².